The maximum absolute atomic E-state index is 13.4. The van der Waals surface area contributed by atoms with Gasteiger partial charge in [0, 0.05) is 12.6 Å². The summed E-state index contributed by atoms with van der Waals surface area (Å²) >= 11 is 5.98. The summed E-state index contributed by atoms with van der Waals surface area (Å²) in [6.07, 6.45) is 2.60. The number of hydrogen-bond donors (Lipinski definition) is 2. The molecule has 0 fully saturated rings. The van der Waals surface area contributed by atoms with Crippen LogP contribution in [0.25, 0.3) is 11.5 Å². The van der Waals surface area contributed by atoms with E-state index in [-0.39, 0.29) is 11.4 Å². The van der Waals surface area contributed by atoms with Crippen LogP contribution in [0.15, 0.2) is 36.7 Å². The van der Waals surface area contributed by atoms with Crippen molar-refractivity contribution in [2.75, 3.05) is 17.2 Å². The molecule has 0 atom stereocenters. The summed E-state index contributed by atoms with van der Waals surface area (Å²) in [5, 5.41) is 6.47. The van der Waals surface area contributed by atoms with Crippen molar-refractivity contribution in [1.82, 2.24) is 24.9 Å². The van der Waals surface area contributed by atoms with Gasteiger partial charge in [-0.3, -0.25) is 4.98 Å². The summed E-state index contributed by atoms with van der Waals surface area (Å²) in [6, 6.07) is 6.49. The number of halogens is 2. The van der Waals surface area contributed by atoms with Gasteiger partial charge in [0.2, 0.25) is 11.9 Å². The van der Waals surface area contributed by atoms with Gasteiger partial charge < -0.3 is 10.6 Å². The Hall–Kier alpha value is -2.87. The van der Waals surface area contributed by atoms with E-state index < -0.39 is 5.82 Å². The molecule has 0 saturated carbocycles. The van der Waals surface area contributed by atoms with E-state index in [0.29, 0.717) is 34.9 Å². The lowest BCUT2D eigenvalue weighted by Crippen LogP contribution is -2.21. The first-order valence-electron chi connectivity index (χ1n) is 8.29. The van der Waals surface area contributed by atoms with Crippen LogP contribution in [0.5, 0.6) is 0 Å². The summed E-state index contributed by atoms with van der Waals surface area (Å²) in [7, 11) is 0. The smallest absolute Gasteiger partial charge is 0.232 e. The van der Waals surface area contributed by atoms with Crippen molar-refractivity contribution in [2.24, 2.45) is 5.41 Å². The van der Waals surface area contributed by atoms with Crippen LogP contribution in [0.1, 0.15) is 20.8 Å². The largest absolute Gasteiger partial charge is 0.354 e. The first-order chi connectivity index (χ1) is 12.8. The van der Waals surface area contributed by atoms with Gasteiger partial charge in [-0.05, 0) is 17.5 Å². The number of hydrogen-bond acceptors (Lipinski definition) is 7. The lowest BCUT2D eigenvalue weighted by molar-refractivity contribution is 0.442. The molecule has 0 amide bonds. The van der Waals surface area contributed by atoms with Gasteiger partial charge in [-0.1, -0.05) is 38.4 Å². The summed E-state index contributed by atoms with van der Waals surface area (Å²) in [5.74, 6) is 0.502. The van der Waals surface area contributed by atoms with Crippen molar-refractivity contribution in [3.8, 4) is 11.5 Å². The monoisotopic (exact) mass is 387 g/mol. The van der Waals surface area contributed by atoms with E-state index in [1.807, 2.05) is 0 Å². The molecule has 0 spiro atoms. The molecule has 0 aliphatic heterocycles. The second kappa shape index (κ2) is 7.79. The Balaban J connectivity index is 1.97. The Kier molecular flexibility index (Phi) is 5.46. The standard InChI is InChI=1S/C18H19ClFN7/c1-18(2,3)10-22-16-25-15(13-5-4-6-14(19)24-13)26-17(27-16)23-12-7-11(20)8-21-9-12/h4-9H,10H2,1-3H3,(H2,22,23,25,26,27). The minimum atomic E-state index is -0.461. The van der Waals surface area contributed by atoms with Crippen LogP contribution in [-0.2, 0) is 0 Å². The van der Waals surface area contributed by atoms with Crippen molar-refractivity contribution in [1.29, 1.82) is 0 Å². The lowest BCUT2D eigenvalue weighted by Gasteiger charge is -2.19. The Morgan fingerprint density at radius 2 is 1.81 bits per heavy atom. The first kappa shape index (κ1) is 18.9. The highest BCUT2D eigenvalue weighted by Crippen LogP contribution is 2.21. The highest BCUT2D eigenvalue weighted by Gasteiger charge is 2.14. The van der Waals surface area contributed by atoms with E-state index in [4.69, 9.17) is 11.6 Å². The van der Waals surface area contributed by atoms with Crippen molar-refractivity contribution in [3.63, 3.8) is 0 Å². The van der Waals surface area contributed by atoms with Crippen LogP contribution >= 0.6 is 11.6 Å². The predicted octanol–water partition coefficient (Wildman–Crippen LogP) is 4.32. The Morgan fingerprint density at radius 3 is 2.52 bits per heavy atom. The van der Waals surface area contributed by atoms with Crippen molar-refractivity contribution >= 4 is 29.2 Å². The molecular weight excluding hydrogens is 369 g/mol. The maximum Gasteiger partial charge on any atom is 0.232 e. The first-order valence-corrected chi connectivity index (χ1v) is 8.67. The Morgan fingerprint density at radius 1 is 1.04 bits per heavy atom. The quantitative estimate of drug-likeness (QED) is 0.630. The molecule has 3 rings (SSSR count). The molecule has 2 N–H and O–H groups in total. The third-order valence-electron chi connectivity index (χ3n) is 3.32. The van der Waals surface area contributed by atoms with Gasteiger partial charge in [0.05, 0.1) is 18.1 Å². The molecule has 0 aromatic carbocycles. The highest BCUT2D eigenvalue weighted by atomic mass is 35.5. The van der Waals surface area contributed by atoms with E-state index in [9.17, 15) is 4.39 Å². The SMILES string of the molecule is CC(C)(C)CNc1nc(Nc2cncc(F)c2)nc(-c2cccc(Cl)n2)n1. The number of aromatic nitrogens is 5. The average molecular weight is 388 g/mol. The van der Waals surface area contributed by atoms with E-state index in [1.54, 1.807) is 18.2 Å². The molecule has 140 valence electrons. The van der Waals surface area contributed by atoms with Gasteiger partial charge in [0.25, 0.3) is 0 Å². The molecule has 0 unspecified atom stereocenters. The lowest BCUT2D eigenvalue weighted by atomic mass is 9.97. The molecule has 0 saturated heterocycles. The van der Waals surface area contributed by atoms with E-state index >= 15 is 0 Å². The van der Waals surface area contributed by atoms with Crippen LogP contribution in [0, 0.1) is 11.2 Å². The zero-order valence-corrected chi connectivity index (χ0v) is 15.9. The fourth-order valence-corrected chi connectivity index (χ4v) is 2.28. The fourth-order valence-electron chi connectivity index (χ4n) is 2.11. The summed E-state index contributed by atoms with van der Waals surface area (Å²) in [5.41, 5.74) is 0.957. The van der Waals surface area contributed by atoms with Crippen LogP contribution in [0.2, 0.25) is 5.15 Å². The van der Waals surface area contributed by atoms with Crippen LogP contribution in [-0.4, -0.2) is 31.5 Å². The fraction of sp³-hybridized carbons (Fsp3) is 0.278. The van der Waals surface area contributed by atoms with E-state index in [2.05, 4.69) is 56.3 Å². The van der Waals surface area contributed by atoms with Gasteiger partial charge in [-0.15, -0.1) is 0 Å². The Bertz CT molecular complexity index is 943. The summed E-state index contributed by atoms with van der Waals surface area (Å²) < 4.78 is 13.4. The molecule has 0 radical (unpaired) electrons. The molecule has 0 bridgehead atoms. The van der Waals surface area contributed by atoms with Gasteiger partial charge in [0.1, 0.15) is 16.7 Å². The minimum Gasteiger partial charge on any atom is -0.354 e. The van der Waals surface area contributed by atoms with Crippen LogP contribution in [0.3, 0.4) is 0 Å². The second-order valence-electron chi connectivity index (χ2n) is 7.08. The van der Waals surface area contributed by atoms with Crippen molar-refractivity contribution < 1.29 is 4.39 Å². The third-order valence-corrected chi connectivity index (χ3v) is 3.53. The second-order valence-corrected chi connectivity index (χ2v) is 7.47. The molecule has 9 heteroatoms. The zero-order chi connectivity index (χ0) is 19.4. The predicted molar refractivity (Wildman–Crippen MR) is 103 cm³/mol. The number of rotatable bonds is 5. The molecule has 27 heavy (non-hydrogen) atoms. The summed E-state index contributed by atoms with van der Waals surface area (Å²) in [6.45, 7) is 6.94. The van der Waals surface area contributed by atoms with Gasteiger partial charge in [0.15, 0.2) is 5.82 Å². The normalized spacial score (nSPS) is 11.3. The zero-order valence-electron chi connectivity index (χ0n) is 15.2. The Labute approximate surface area is 161 Å². The average Bonchev–Trinajstić information content (AvgIpc) is 2.59. The number of pyridine rings is 2. The topological polar surface area (TPSA) is 88.5 Å². The van der Waals surface area contributed by atoms with Crippen LogP contribution < -0.4 is 10.6 Å². The van der Waals surface area contributed by atoms with Gasteiger partial charge >= 0.3 is 0 Å². The number of anilines is 3. The molecule has 0 aliphatic carbocycles. The number of nitrogens with one attached hydrogen (secondary N) is 2. The highest BCUT2D eigenvalue weighted by molar-refractivity contribution is 6.29. The third kappa shape index (κ3) is 5.55. The van der Waals surface area contributed by atoms with Crippen LogP contribution in [0.4, 0.5) is 22.0 Å². The maximum atomic E-state index is 13.4. The molecule has 0 aliphatic rings. The molecule has 7 nitrogen and oxygen atoms in total. The summed E-state index contributed by atoms with van der Waals surface area (Å²) in [4.78, 5) is 21.2. The van der Waals surface area contributed by atoms with E-state index in [1.165, 1.54) is 12.3 Å². The molecular formula is C18H19ClFN7. The minimum absolute atomic E-state index is 0.0289. The number of nitrogens with zero attached hydrogens (tertiary/aromatic N) is 5. The van der Waals surface area contributed by atoms with Crippen molar-refractivity contribution in [3.05, 3.63) is 47.6 Å². The van der Waals surface area contributed by atoms with Gasteiger partial charge in [-0.25, -0.2) is 9.37 Å². The molecule has 3 aromatic rings. The molecule has 3 aromatic heterocycles. The van der Waals surface area contributed by atoms with Crippen molar-refractivity contribution in [2.45, 2.75) is 20.8 Å². The van der Waals surface area contributed by atoms with E-state index in [0.717, 1.165) is 6.20 Å². The van der Waals surface area contributed by atoms with Gasteiger partial charge in [-0.2, -0.15) is 15.0 Å². The molecule has 3 heterocycles.